The molecule has 0 aliphatic carbocycles. The smallest absolute Gasteiger partial charge is 0.259 e. The molecule has 30 heavy (non-hydrogen) atoms. The molecule has 0 fully saturated rings. The number of hydrogen-bond donors (Lipinski definition) is 2. The number of methoxy groups -OCH3 is 2. The molecule has 0 aliphatic rings. The first-order chi connectivity index (χ1) is 14.5. The van der Waals surface area contributed by atoms with Crippen LogP contribution in [0.1, 0.15) is 15.9 Å². The van der Waals surface area contributed by atoms with Crippen LogP contribution in [0.3, 0.4) is 0 Å². The fourth-order valence-electron chi connectivity index (χ4n) is 2.35. The number of carbonyl (C=O) groups is 2. The minimum Gasteiger partial charge on any atom is -0.493 e. The first-order valence-electron chi connectivity index (χ1n) is 8.83. The number of carbonyl (C=O) groups excluding carboxylic acids is 2. The molecular formula is C21H22BrN3O5. The summed E-state index contributed by atoms with van der Waals surface area (Å²) >= 11 is 3.38. The normalized spacial score (nSPS) is 10.4. The second-order valence-corrected chi connectivity index (χ2v) is 6.74. The molecule has 158 valence electrons. The van der Waals surface area contributed by atoms with Crippen molar-refractivity contribution in [3.05, 3.63) is 64.7 Å². The van der Waals surface area contributed by atoms with Crippen LogP contribution in [0.2, 0.25) is 0 Å². The summed E-state index contributed by atoms with van der Waals surface area (Å²) in [7, 11) is 2.98. The van der Waals surface area contributed by atoms with E-state index < -0.39 is 11.8 Å². The molecule has 0 atom stereocenters. The van der Waals surface area contributed by atoms with Crippen molar-refractivity contribution >= 4 is 34.0 Å². The van der Waals surface area contributed by atoms with Gasteiger partial charge in [0.05, 0.1) is 27.0 Å². The predicted molar refractivity (Wildman–Crippen MR) is 117 cm³/mol. The molecule has 2 rings (SSSR count). The first kappa shape index (κ1) is 23.0. The fraction of sp³-hybridized carbons (Fsp3) is 0.190. The van der Waals surface area contributed by atoms with E-state index in [0.29, 0.717) is 35.0 Å². The highest BCUT2D eigenvalue weighted by Crippen LogP contribution is 2.27. The van der Waals surface area contributed by atoms with Crippen molar-refractivity contribution in [3.63, 3.8) is 0 Å². The van der Waals surface area contributed by atoms with Gasteiger partial charge in [-0.05, 0) is 36.4 Å². The van der Waals surface area contributed by atoms with E-state index in [4.69, 9.17) is 14.2 Å². The van der Waals surface area contributed by atoms with Crippen molar-refractivity contribution in [2.24, 2.45) is 5.10 Å². The average Bonchev–Trinajstić information content (AvgIpc) is 2.76. The monoisotopic (exact) mass is 475 g/mol. The molecule has 0 spiro atoms. The van der Waals surface area contributed by atoms with Crippen molar-refractivity contribution < 1.29 is 23.8 Å². The van der Waals surface area contributed by atoms with E-state index in [1.807, 2.05) is 6.07 Å². The van der Waals surface area contributed by atoms with Crippen LogP contribution >= 0.6 is 15.9 Å². The third kappa shape index (κ3) is 6.63. The van der Waals surface area contributed by atoms with Crippen LogP contribution in [-0.4, -0.2) is 45.4 Å². The molecule has 0 saturated heterocycles. The number of halogens is 1. The Morgan fingerprint density at radius 1 is 1.10 bits per heavy atom. The topological polar surface area (TPSA) is 98.2 Å². The van der Waals surface area contributed by atoms with Crippen LogP contribution in [0.25, 0.3) is 0 Å². The lowest BCUT2D eigenvalue weighted by molar-refractivity contribution is -0.120. The molecule has 2 aromatic rings. The summed E-state index contributed by atoms with van der Waals surface area (Å²) in [6, 6.07) is 10.1. The van der Waals surface area contributed by atoms with Crippen molar-refractivity contribution in [1.82, 2.24) is 10.7 Å². The molecule has 2 amide bonds. The summed E-state index contributed by atoms with van der Waals surface area (Å²) in [6.45, 7) is 3.71. The van der Waals surface area contributed by atoms with Gasteiger partial charge in [0.15, 0.2) is 11.5 Å². The van der Waals surface area contributed by atoms with Gasteiger partial charge in [0.25, 0.3) is 11.8 Å². The lowest BCUT2D eigenvalue weighted by Crippen LogP contribution is -2.34. The third-order valence-electron chi connectivity index (χ3n) is 3.78. The number of nitrogens with one attached hydrogen (secondary N) is 2. The summed E-state index contributed by atoms with van der Waals surface area (Å²) in [5.74, 6) is 0.608. The summed E-state index contributed by atoms with van der Waals surface area (Å²) in [5, 5.41) is 6.43. The quantitative estimate of drug-likeness (QED) is 0.312. The van der Waals surface area contributed by atoms with E-state index in [9.17, 15) is 9.59 Å². The first-order valence-corrected chi connectivity index (χ1v) is 9.63. The average molecular weight is 476 g/mol. The minimum absolute atomic E-state index is 0.247. The van der Waals surface area contributed by atoms with Crippen LogP contribution in [0.4, 0.5) is 0 Å². The van der Waals surface area contributed by atoms with Gasteiger partial charge in [-0.25, -0.2) is 5.43 Å². The van der Waals surface area contributed by atoms with E-state index in [0.717, 1.165) is 4.47 Å². The highest BCUT2D eigenvalue weighted by Gasteiger charge is 2.12. The Kier molecular flexibility index (Phi) is 8.89. The highest BCUT2D eigenvalue weighted by atomic mass is 79.9. The zero-order chi connectivity index (χ0) is 21.9. The highest BCUT2D eigenvalue weighted by molar-refractivity contribution is 9.10. The van der Waals surface area contributed by atoms with Crippen LogP contribution in [0, 0.1) is 0 Å². The second kappa shape index (κ2) is 11.6. The zero-order valence-electron chi connectivity index (χ0n) is 16.6. The van der Waals surface area contributed by atoms with Gasteiger partial charge in [-0.3, -0.25) is 9.59 Å². The van der Waals surface area contributed by atoms with Crippen molar-refractivity contribution in [2.45, 2.75) is 0 Å². The Morgan fingerprint density at radius 2 is 1.83 bits per heavy atom. The maximum atomic E-state index is 12.2. The summed E-state index contributed by atoms with van der Waals surface area (Å²) in [5.41, 5.74) is 3.36. The molecule has 0 radical (unpaired) electrons. The fourth-order valence-corrected chi connectivity index (χ4v) is 2.73. The van der Waals surface area contributed by atoms with Gasteiger partial charge in [-0.15, -0.1) is 0 Å². The third-order valence-corrected chi connectivity index (χ3v) is 4.27. The van der Waals surface area contributed by atoms with Crippen molar-refractivity contribution in [3.8, 4) is 17.2 Å². The molecule has 8 nitrogen and oxygen atoms in total. The number of ether oxygens (including phenoxy) is 3. The van der Waals surface area contributed by atoms with E-state index in [2.05, 4.69) is 38.4 Å². The molecule has 9 heteroatoms. The number of hydrazone groups is 1. The molecule has 0 heterocycles. The van der Waals surface area contributed by atoms with Crippen LogP contribution in [0.15, 0.2) is 58.6 Å². The Labute approximate surface area is 183 Å². The number of hydrogen-bond acceptors (Lipinski definition) is 6. The van der Waals surface area contributed by atoms with Crippen LogP contribution in [0.5, 0.6) is 17.2 Å². The second-order valence-electron chi connectivity index (χ2n) is 5.83. The SMILES string of the molecule is C=CCOc1ccc(Br)cc1/C=N/NC(=O)CNC(=O)c1ccc(OC)c(OC)c1. The standard InChI is InChI=1S/C21H22BrN3O5/c1-4-9-30-17-8-6-16(22)10-15(17)12-24-25-20(26)13-23-21(27)14-5-7-18(28-2)19(11-14)29-3/h4-8,10-12H,1,9,13H2,2-3H3,(H,23,27)(H,25,26)/b24-12+. The summed E-state index contributed by atoms with van der Waals surface area (Å²) in [4.78, 5) is 24.2. The lowest BCUT2D eigenvalue weighted by Gasteiger charge is -2.10. The molecule has 0 aromatic heterocycles. The summed E-state index contributed by atoms with van der Waals surface area (Å²) in [6.07, 6.45) is 3.09. The molecular weight excluding hydrogens is 454 g/mol. The van der Waals surface area contributed by atoms with E-state index in [1.165, 1.54) is 26.5 Å². The number of rotatable bonds is 10. The maximum Gasteiger partial charge on any atom is 0.259 e. The van der Waals surface area contributed by atoms with E-state index >= 15 is 0 Å². The molecule has 0 bridgehead atoms. The van der Waals surface area contributed by atoms with Gasteiger partial charge < -0.3 is 19.5 Å². The summed E-state index contributed by atoms with van der Waals surface area (Å²) < 4.78 is 16.7. The molecule has 2 N–H and O–H groups in total. The number of benzene rings is 2. The Balaban J connectivity index is 1.91. The largest absolute Gasteiger partial charge is 0.493 e. The molecule has 0 unspecified atom stereocenters. The Hall–Kier alpha value is -3.33. The lowest BCUT2D eigenvalue weighted by atomic mass is 10.2. The number of amides is 2. The van der Waals surface area contributed by atoms with Gasteiger partial charge >= 0.3 is 0 Å². The predicted octanol–water partition coefficient (Wildman–Crippen LogP) is 2.91. The molecule has 0 aliphatic heterocycles. The van der Waals surface area contributed by atoms with Gasteiger partial charge in [0.2, 0.25) is 0 Å². The Morgan fingerprint density at radius 3 is 2.53 bits per heavy atom. The van der Waals surface area contributed by atoms with Crippen molar-refractivity contribution in [2.75, 3.05) is 27.4 Å². The minimum atomic E-state index is -0.483. The maximum absolute atomic E-state index is 12.2. The Bertz CT molecular complexity index is 946. The van der Waals surface area contributed by atoms with Crippen molar-refractivity contribution in [1.29, 1.82) is 0 Å². The van der Waals surface area contributed by atoms with Gasteiger partial charge in [0.1, 0.15) is 12.4 Å². The van der Waals surface area contributed by atoms with Gasteiger partial charge in [-0.2, -0.15) is 5.10 Å². The van der Waals surface area contributed by atoms with Gasteiger partial charge in [-0.1, -0.05) is 28.6 Å². The van der Waals surface area contributed by atoms with E-state index in [-0.39, 0.29) is 6.54 Å². The molecule has 0 saturated carbocycles. The zero-order valence-corrected chi connectivity index (χ0v) is 18.2. The van der Waals surface area contributed by atoms with E-state index in [1.54, 1.807) is 30.3 Å². The van der Waals surface area contributed by atoms with Gasteiger partial charge in [0, 0.05) is 15.6 Å². The van der Waals surface area contributed by atoms with Crippen LogP contribution in [-0.2, 0) is 4.79 Å². The molecule has 2 aromatic carbocycles. The number of nitrogens with zero attached hydrogens (tertiary/aromatic N) is 1. The van der Waals surface area contributed by atoms with Crippen LogP contribution < -0.4 is 25.0 Å².